The van der Waals surface area contributed by atoms with Gasteiger partial charge < -0.3 is 5.11 Å². The molecule has 0 bridgehead atoms. The molecule has 0 aromatic carbocycles. The Morgan fingerprint density at radius 2 is 1.71 bits per heavy atom. The summed E-state index contributed by atoms with van der Waals surface area (Å²) >= 11 is 0. The van der Waals surface area contributed by atoms with Gasteiger partial charge in [-0.05, 0) is 110 Å². The van der Waals surface area contributed by atoms with E-state index in [-0.39, 0.29) is 6.10 Å². The van der Waals surface area contributed by atoms with Crippen LogP contribution in [0.4, 0.5) is 0 Å². The van der Waals surface area contributed by atoms with Gasteiger partial charge in [0.2, 0.25) is 0 Å². The lowest BCUT2D eigenvalue weighted by Gasteiger charge is -2.56. The second kappa shape index (κ2) is 8.81. The van der Waals surface area contributed by atoms with Crippen LogP contribution < -0.4 is 0 Å². The minimum absolute atomic E-state index is 0.0661. The molecule has 2 fully saturated rings. The SMILES string of the molecule is CCC(CCC(C)C1CCC2C3=C(CCC21C)C1(C)CC[C@H](O)[C@@H](C)C1CC3)C(C)C. The van der Waals surface area contributed by atoms with E-state index >= 15 is 0 Å². The molecule has 31 heavy (non-hydrogen) atoms. The van der Waals surface area contributed by atoms with Crippen LogP contribution in [0.3, 0.4) is 0 Å². The van der Waals surface area contributed by atoms with E-state index in [0.29, 0.717) is 22.7 Å². The van der Waals surface area contributed by atoms with E-state index in [1.54, 1.807) is 0 Å². The first kappa shape index (κ1) is 23.8. The van der Waals surface area contributed by atoms with Gasteiger partial charge >= 0.3 is 0 Å². The number of allylic oxidation sites excluding steroid dienone is 2. The third kappa shape index (κ3) is 3.87. The normalized spacial score (nSPS) is 44.6. The van der Waals surface area contributed by atoms with E-state index in [1.807, 2.05) is 11.1 Å². The van der Waals surface area contributed by atoms with Gasteiger partial charge in [-0.25, -0.2) is 0 Å². The summed E-state index contributed by atoms with van der Waals surface area (Å²) in [7, 11) is 0. The van der Waals surface area contributed by atoms with Crippen molar-refractivity contribution in [3.63, 3.8) is 0 Å². The second-order valence-corrected chi connectivity index (χ2v) is 13.2. The summed E-state index contributed by atoms with van der Waals surface area (Å²) < 4.78 is 0. The van der Waals surface area contributed by atoms with Crippen LogP contribution in [-0.2, 0) is 0 Å². The molecule has 4 aliphatic carbocycles. The van der Waals surface area contributed by atoms with Crippen molar-refractivity contribution in [2.75, 3.05) is 0 Å². The smallest absolute Gasteiger partial charge is 0.0569 e. The van der Waals surface area contributed by atoms with E-state index in [1.165, 1.54) is 64.2 Å². The first-order chi connectivity index (χ1) is 14.6. The fourth-order valence-electron chi connectivity index (χ4n) is 9.57. The Hall–Kier alpha value is -0.300. The van der Waals surface area contributed by atoms with Crippen molar-refractivity contribution < 1.29 is 5.11 Å². The standard InChI is InChI=1S/C30H52O/c1-8-22(19(2)3)10-9-20(4)24-13-14-26-23-11-12-25-21(5)28(31)16-18-30(25,7)27(23)15-17-29(24,26)6/h19-22,24-26,28,31H,8-18H2,1-7H3/t20?,21-,22?,24?,25?,26?,28-,29?,30?/m0/s1. The fourth-order valence-corrected chi connectivity index (χ4v) is 9.57. The molecule has 0 saturated heterocycles. The molecule has 0 spiro atoms. The van der Waals surface area contributed by atoms with Gasteiger partial charge in [0.25, 0.3) is 0 Å². The highest BCUT2D eigenvalue weighted by atomic mass is 16.3. The van der Waals surface area contributed by atoms with E-state index in [9.17, 15) is 5.11 Å². The lowest BCUT2D eigenvalue weighted by atomic mass is 9.49. The molecule has 178 valence electrons. The Kier molecular flexibility index (Phi) is 6.78. The average Bonchev–Trinajstić information content (AvgIpc) is 3.08. The number of aliphatic hydroxyl groups is 1. The van der Waals surface area contributed by atoms with Crippen molar-refractivity contribution in [2.24, 2.45) is 52.3 Å². The maximum Gasteiger partial charge on any atom is 0.0569 e. The summed E-state index contributed by atoms with van der Waals surface area (Å²) in [6.07, 6.45) is 14.7. The molecule has 1 N–H and O–H groups in total. The topological polar surface area (TPSA) is 20.2 Å². The van der Waals surface area contributed by atoms with Crippen LogP contribution in [0.1, 0.15) is 119 Å². The highest BCUT2D eigenvalue weighted by Crippen LogP contribution is 2.66. The van der Waals surface area contributed by atoms with Crippen molar-refractivity contribution in [3.8, 4) is 0 Å². The Labute approximate surface area is 193 Å². The Morgan fingerprint density at radius 1 is 0.968 bits per heavy atom. The van der Waals surface area contributed by atoms with Gasteiger partial charge in [0.15, 0.2) is 0 Å². The van der Waals surface area contributed by atoms with Gasteiger partial charge in [0.05, 0.1) is 6.10 Å². The van der Waals surface area contributed by atoms with Crippen molar-refractivity contribution in [1.82, 2.24) is 0 Å². The molecule has 1 nitrogen and oxygen atoms in total. The number of aliphatic hydroxyl groups excluding tert-OH is 1. The van der Waals surface area contributed by atoms with E-state index < -0.39 is 0 Å². The molecule has 0 radical (unpaired) electrons. The Bertz CT molecular complexity index is 676. The zero-order chi connectivity index (χ0) is 22.6. The second-order valence-electron chi connectivity index (χ2n) is 13.2. The number of fused-ring (bicyclic) bond motifs is 4. The molecule has 0 aliphatic heterocycles. The Morgan fingerprint density at radius 3 is 2.39 bits per heavy atom. The molecule has 2 saturated carbocycles. The summed E-state index contributed by atoms with van der Waals surface area (Å²) in [5.41, 5.74) is 4.72. The van der Waals surface area contributed by atoms with Gasteiger partial charge in [-0.3, -0.25) is 0 Å². The van der Waals surface area contributed by atoms with Crippen LogP contribution in [0, 0.1) is 52.3 Å². The first-order valence-electron chi connectivity index (χ1n) is 14.0. The zero-order valence-corrected chi connectivity index (χ0v) is 21.8. The monoisotopic (exact) mass is 428 g/mol. The van der Waals surface area contributed by atoms with E-state index in [0.717, 1.165) is 36.0 Å². The minimum Gasteiger partial charge on any atom is -0.393 e. The lowest BCUT2D eigenvalue weighted by Crippen LogP contribution is -2.49. The van der Waals surface area contributed by atoms with Crippen LogP contribution in [0.5, 0.6) is 0 Å². The lowest BCUT2D eigenvalue weighted by molar-refractivity contribution is -0.0336. The molecule has 0 heterocycles. The number of hydrogen-bond donors (Lipinski definition) is 1. The molecular formula is C30H52O. The molecule has 7 unspecified atom stereocenters. The van der Waals surface area contributed by atoms with Crippen molar-refractivity contribution >= 4 is 0 Å². The maximum atomic E-state index is 10.5. The molecule has 4 aliphatic rings. The molecule has 1 heteroatoms. The maximum absolute atomic E-state index is 10.5. The van der Waals surface area contributed by atoms with Crippen molar-refractivity contribution in [1.29, 1.82) is 0 Å². The van der Waals surface area contributed by atoms with Crippen molar-refractivity contribution in [2.45, 2.75) is 125 Å². The zero-order valence-electron chi connectivity index (χ0n) is 21.8. The van der Waals surface area contributed by atoms with Gasteiger partial charge in [-0.1, -0.05) is 72.5 Å². The summed E-state index contributed by atoms with van der Waals surface area (Å²) in [5.74, 6) is 5.58. The van der Waals surface area contributed by atoms with Crippen LogP contribution in [0.25, 0.3) is 0 Å². The van der Waals surface area contributed by atoms with Gasteiger partial charge in [0, 0.05) is 0 Å². The first-order valence-corrected chi connectivity index (χ1v) is 14.0. The van der Waals surface area contributed by atoms with Gasteiger partial charge in [0.1, 0.15) is 0 Å². The molecule has 0 aromatic rings. The molecule has 0 aromatic heterocycles. The molecule has 9 atom stereocenters. The fraction of sp³-hybridized carbons (Fsp3) is 0.933. The predicted octanol–water partition coefficient (Wildman–Crippen LogP) is 8.41. The van der Waals surface area contributed by atoms with E-state index in [2.05, 4.69) is 48.5 Å². The molecular weight excluding hydrogens is 376 g/mol. The third-order valence-corrected chi connectivity index (χ3v) is 11.7. The Balaban J connectivity index is 1.52. The van der Waals surface area contributed by atoms with Crippen LogP contribution in [-0.4, -0.2) is 11.2 Å². The molecule has 0 amide bonds. The number of hydrogen-bond acceptors (Lipinski definition) is 1. The largest absolute Gasteiger partial charge is 0.393 e. The minimum atomic E-state index is -0.0661. The summed E-state index contributed by atoms with van der Waals surface area (Å²) in [4.78, 5) is 0. The summed E-state index contributed by atoms with van der Waals surface area (Å²) in [5, 5.41) is 10.5. The van der Waals surface area contributed by atoms with Crippen LogP contribution >= 0.6 is 0 Å². The summed E-state index contributed by atoms with van der Waals surface area (Å²) in [6.45, 7) is 17.4. The average molecular weight is 429 g/mol. The molecule has 4 rings (SSSR count). The van der Waals surface area contributed by atoms with Crippen LogP contribution in [0.15, 0.2) is 11.1 Å². The highest BCUT2D eigenvalue weighted by Gasteiger charge is 2.56. The van der Waals surface area contributed by atoms with E-state index in [4.69, 9.17) is 0 Å². The third-order valence-electron chi connectivity index (χ3n) is 11.7. The summed E-state index contributed by atoms with van der Waals surface area (Å²) in [6, 6.07) is 0. The predicted molar refractivity (Wildman–Crippen MR) is 133 cm³/mol. The number of rotatable bonds is 6. The van der Waals surface area contributed by atoms with Crippen LogP contribution in [0.2, 0.25) is 0 Å². The van der Waals surface area contributed by atoms with Gasteiger partial charge in [-0.2, -0.15) is 0 Å². The quantitative estimate of drug-likeness (QED) is 0.421. The highest BCUT2D eigenvalue weighted by molar-refractivity contribution is 5.34. The van der Waals surface area contributed by atoms with Gasteiger partial charge in [-0.15, -0.1) is 0 Å². The van der Waals surface area contributed by atoms with Crippen molar-refractivity contribution in [3.05, 3.63) is 11.1 Å².